The molecule has 0 radical (unpaired) electrons. The predicted octanol–water partition coefficient (Wildman–Crippen LogP) is 1.58. The highest BCUT2D eigenvalue weighted by atomic mass is 16.5. The van der Waals surface area contributed by atoms with Crippen molar-refractivity contribution in [2.45, 2.75) is 6.42 Å². The molecule has 15 heavy (non-hydrogen) atoms. The first-order valence-corrected chi connectivity index (χ1v) is 4.41. The highest BCUT2D eigenvalue weighted by Gasteiger charge is 2.06. The Morgan fingerprint density at radius 1 is 1.53 bits per heavy atom. The molecule has 0 bridgehead atoms. The minimum absolute atomic E-state index is 0.00834. The van der Waals surface area contributed by atoms with E-state index in [9.17, 15) is 9.90 Å². The number of phenolic OH excluding ortho intramolecular Hbond substituents is 1. The molecular weight excluding hydrogens is 196 g/mol. The summed E-state index contributed by atoms with van der Waals surface area (Å²) in [6.07, 6.45) is 1.45. The average molecular weight is 208 g/mol. The highest BCUT2D eigenvalue weighted by Crippen LogP contribution is 2.26. The molecule has 0 aliphatic heterocycles. The van der Waals surface area contributed by atoms with Crippen LogP contribution in [-0.4, -0.2) is 22.8 Å². The summed E-state index contributed by atoms with van der Waals surface area (Å²) in [5, 5.41) is 18.0. The van der Waals surface area contributed by atoms with Gasteiger partial charge in [0.1, 0.15) is 6.61 Å². The van der Waals surface area contributed by atoms with E-state index in [4.69, 9.17) is 9.84 Å². The van der Waals surface area contributed by atoms with E-state index in [2.05, 4.69) is 6.58 Å². The minimum atomic E-state index is -0.921. The van der Waals surface area contributed by atoms with Crippen molar-refractivity contribution < 1.29 is 19.7 Å². The molecule has 0 aliphatic rings. The molecule has 0 saturated carbocycles. The van der Waals surface area contributed by atoms with Gasteiger partial charge >= 0.3 is 5.97 Å². The van der Waals surface area contributed by atoms with Crippen molar-refractivity contribution in [3.8, 4) is 11.5 Å². The number of carboxylic acid groups (broad SMARTS) is 1. The van der Waals surface area contributed by atoms with Crippen molar-refractivity contribution in [3.05, 3.63) is 36.4 Å². The standard InChI is InChI=1S/C11H12O4/c1-2-5-15-10-6-8(7-11(13)14)3-4-9(10)12/h2-4,6,12H,1,5,7H2,(H,13,14). The third-order valence-corrected chi connectivity index (χ3v) is 1.74. The van der Waals surface area contributed by atoms with Gasteiger partial charge in [-0.1, -0.05) is 18.7 Å². The van der Waals surface area contributed by atoms with Gasteiger partial charge in [0.15, 0.2) is 11.5 Å². The van der Waals surface area contributed by atoms with Crippen LogP contribution in [0.2, 0.25) is 0 Å². The molecule has 0 fully saturated rings. The Balaban J connectivity index is 2.84. The summed E-state index contributed by atoms with van der Waals surface area (Å²) in [4.78, 5) is 10.5. The average Bonchev–Trinajstić information content (AvgIpc) is 2.18. The summed E-state index contributed by atoms with van der Waals surface area (Å²) in [6, 6.07) is 4.47. The molecule has 1 rings (SSSR count). The summed E-state index contributed by atoms with van der Waals surface area (Å²) in [5.41, 5.74) is 0.583. The van der Waals surface area contributed by atoms with Crippen molar-refractivity contribution in [1.29, 1.82) is 0 Å². The zero-order chi connectivity index (χ0) is 11.3. The van der Waals surface area contributed by atoms with Crippen LogP contribution in [0.4, 0.5) is 0 Å². The Morgan fingerprint density at radius 2 is 2.27 bits per heavy atom. The van der Waals surface area contributed by atoms with Crippen LogP contribution < -0.4 is 4.74 Å². The first-order chi connectivity index (χ1) is 7.13. The quantitative estimate of drug-likeness (QED) is 0.721. The second-order valence-corrected chi connectivity index (χ2v) is 2.97. The number of ether oxygens (including phenoxy) is 1. The molecule has 1 aromatic carbocycles. The molecule has 0 saturated heterocycles. The van der Waals surface area contributed by atoms with Crippen LogP contribution in [0.3, 0.4) is 0 Å². The number of carboxylic acids is 1. The molecule has 0 aromatic heterocycles. The monoisotopic (exact) mass is 208 g/mol. The molecule has 2 N–H and O–H groups in total. The molecule has 1 aromatic rings. The zero-order valence-electron chi connectivity index (χ0n) is 8.14. The number of aromatic hydroxyl groups is 1. The number of carbonyl (C=O) groups is 1. The largest absolute Gasteiger partial charge is 0.504 e. The molecule has 4 nitrogen and oxygen atoms in total. The molecular formula is C11H12O4. The summed E-state index contributed by atoms with van der Waals surface area (Å²) in [6.45, 7) is 3.74. The van der Waals surface area contributed by atoms with Gasteiger partial charge in [0.2, 0.25) is 0 Å². The second kappa shape index (κ2) is 5.05. The summed E-state index contributed by atoms with van der Waals surface area (Å²) in [5.74, 6) is -0.657. The van der Waals surface area contributed by atoms with E-state index in [1.807, 2.05) is 0 Å². The predicted molar refractivity (Wildman–Crippen MR) is 55.1 cm³/mol. The van der Waals surface area contributed by atoms with Crippen LogP contribution in [-0.2, 0) is 11.2 Å². The Labute approximate surface area is 87.4 Å². The minimum Gasteiger partial charge on any atom is -0.504 e. The van der Waals surface area contributed by atoms with Crippen LogP contribution in [0.15, 0.2) is 30.9 Å². The van der Waals surface area contributed by atoms with Gasteiger partial charge in [-0.05, 0) is 17.7 Å². The van der Waals surface area contributed by atoms with E-state index < -0.39 is 5.97 Å². The van der Waals surface area contributed by atoms with E-state index in [0.717, 1.165) is 0 Å². The van der Waals surface area contributed by atoms with Gasteiger partial charge < -0.3 is 14.9 Å². The van der Waals surface area contributed by atoms with Gasteiger partial charge in [-0.2, -0.15) is 0 Å². The Kier molecular flexibility index (Phi) is 3.74. The van der Waals surface area contributed by atoms with Gasteiger partial charge in [-0.15, -0.1) is 0 Å². The fourth-order valence-electron chi connectivity index (χ4n) is 1.11. The molecule has 0 unspecified atom stereocenters. The van der Waals surface area contributed by atoms with Gasteiger partial charge in [-0.25, -0.2) is 0 Å². The van der Waals surface area contributed by atoms with E-state index >= 15 is 0 Å². The normalized spacial score (nSPS) is 9.60. The van der Waals surface area contributed by atoms with Crippen LogP contribution in [0, 0.1) is 0 Å². The van der Waals surface area contributed by atoms with E-state index in [0.29, 0.717) is 5.56 Å². The maximum Gasteiger partial charge on any atom is 0.307 e. The summed E-state index contributed by atoms with van der Waals surface area (Å²) < 4.78 is 5.15. The Hall–Kier alpha value is -1.97. The van der Waals surface area contributed by atoms with Crippen LogP contribution in [0.1, 0.15) is 5.56 Å². The maximum atomic E-state index is 10.5. The smallest absolute Gasteiger partial charge is 0.307 e. The second-order valence-electron chi connectivity index (χ2n) is 2.97. The number of aliphatic carboxylic acids is 1. The fraction of sp³-hybridized carbons (Fsp3) is 0.182. The molecule has 0 atom stereocenters. The van der Waals surface area contributed by atoms with Crippen LogP contribution in [0.5, 0.6) is 11.5 Å². The number of rotatable bonds is 5. The third kappa shape index (κ3) is 3.34. The first kappa shape index (κ1) is 11.1. The number of phenols is 1. The lowest BCUT2D eigenvalue weighted by Crippen LogP contribution is -2.01. The van der Waals surface area contributed by atoms with Crippen molar-refractivity contribution in [2.24, 2.45) is 0 Å². The van der Waals surface area contributed by atoms with Crippen molar-refractivity contribution in [1.82, 2.24) is 0 Å². The lowest BCUT2D eigenvalue weighted by molar-refractivity contribution is -0.136. The summed E-state index contributed by atoms with van der Waals surface area (Å²) >= 11 is 0. The zero-order valence-corrected chi connectivity index (χ0v) is 8.14. The molecule has 0 aliphatic carbocycles. The van der Waals surface area contributed by atoms with Gasteiger partial charge in [0, 0.05) is 0 Å². The molecule has 4 heteroatoms. The first-order valence-electron chi connectivity index (χ1n) is 4.41. The third-order valence-electron chi connectivity index (χ3n) is 1.74. The maximum absolute atomic E-state index is 10.5. The van der Waals surface area contributed by atoms with Crippen molar-refractivity contribution in [3.63, 3.8) is 0 Å². The molecule has 0 spiro atoms. The number of hydrogen-bond donors (Lipinski definition) is 2. The highest BCUT2D eigenvalue weighted by molar-refractivity contribution is 5.70. The summed E-state index contributed by atoms with van der Waals surface area (Å²) in [7, 11) is 0. The number of hydrogen-bond acceptors (Lipinski definition) is 3. The van der Waals surface area contributed by atoms with Crippen molar-refractivity contribution in [2.75, 3.05) is 6.61 Å². The Morgan fingerprint density at radius 3 is 2.87 bits per heavy atom. The fourth-order valence-corrected chi connectivity index (χ4v) is 1.11. The SMILES string of the molecule is C=CCOc1cc(CC(=O)O)ccc1O. The van der Waals surface area contributed by atoms with Crippen molar-refractivity contribution >= 4 is 5.97 Å². The topological polar surface area (TPSA) is 66.8 Å². The molecule has 80 valence electrons. The van der Waals surface area contributed by atoms with E-state index in [-0.39, 0.29) is 24.5 Å². The van der Waals surface area contributed by atoms with Crippen LogP contribution >= 0.6 is 0 Å². The lowest BCUT2D eigenvalue weighted by atomic mass is 10.1. The number of benzene rings is 1. The Bertz CT molecular complexity index is 371. The lowest BCUT2D eigenvalue weighted by Gasteiger charge is -2.07. The van der Waals surface area contributed by atoms with E-state index in [1.165, 1.54) is 12.1 Å². The molecule has 0 amide bonds. The van der Waals surface area contributed by atoms with Gasteiger partial charge in [-0.3, -0.25) is 4.79 Å². The van der Waals surface area contributed by atoms with Crippen LogP contribution in [0.25, 0.3) is 0 Å². The van der Waals surface area contributed by atoms with E-state index in [1.54, 1.807) is 12.1 Å². The van der Waals surface area contributed by atoms with Gasteiger partial charge in [0.25, 0.3) is 0 Å². The van der Waals surface area contributed by atoms with Gasteiger partial charge in [0.05, 0.1) is 6.42 Å². The molecule has 0 heterocycles.